The molecule has 1 aliphatic carbocycles. The molecule has 29 heavy (non-hydrogen) atoms. The van der Waals surface area contributed by atoms with Gasteiger partial charge in [-0.3, -0.25) is 19.1 Å². The number of aromatic nitrogens is 2. The summed E-state index contributed by atoms with van der Waals surface area (Å²) in [5.41, 5.74) is 4.05. The largest absolute Gasteiger partial charge is 0.340 e. The number of Topliss-reactive ketones (excluding diaryl/α,β-unsaturated/α-hetero) is 1. The number of nitrogens with one attached hydrogen (secondary N) is 2. The zero-order chi connectivity index (χ0) is 20.3. The molecule has 3 aromatic rings. The van der Waals surface area contributed by atoms with E-state index < -0.39 is 17.2 Å². The molecule has 5 rings (SSSR count). The first-order valence-electron chi connectivity index (χ1n) is 9.58. The Hall–Kier alpha value is -3.67. The number of nitrogens with zero attached hydrogens (tertiary/aromatic N) is 1. The van der Waals surface area contributed by atoms with Crippen molar-refractivity contribution in [1.82, 2.24) is 9.55 Å². The summed E-state index contributed by atoms with van der Waals surface area (Å²) in [5.74, 6) is -0.222. The minimum Gasteiger partial charge on any atom is -0.340 e. The van der Waals surface area contributed by atoms with Crippen LogP contribution in [0.25, 0.3) is 5.70 Å². The van der Waals surface area contributed by atoms with Gasteiger partial charge in [0.1, 0.15) is 5.82 Å². The van der Waals surface area contributed by atoms with E-state index in [1.54, 1.807) is 13.1 Å². The number of hydrogen-bond donors (Lipinski definition) is 2. The van der Waals surface area contributed by atoms with Gasteiger partial charge < -0.3 is 5.32 Å². The van der Waals surface area contributed by atoms with Crippen molar-refractivity contribution in [3.63, 3.8) is 0 Å². The van der Waals surface area contributed by atoms with Crippen LogP contribution in [-0.4, -0.2) is 15.3 Å². The van der Waals surface area contributed by atoms with E-state index in [9.17, 15) is 14.4 Å². The molecule has 0 saturated heterocycles. The van der Waals surface area contributed by atoms with Crippen molar-refractivity contribution >= 4 is 17.3 Å². The van der Waals surface area contributed by atoms with Gasteiger partial charge in [-0.2, -0.15) is 0 Å². The molecule has 144 valence electrons. The molecular formula is C23H19N3O3. The molecule has 0 unspecified atom stereocenters. The third kappa shape index (κ3) is 2.38. The standard InChI is InChI=1S/C23H19N3O3/c1-3-12-8-10-13(11-9-12)16-17-19(14-6-4-5-7-15(14)20(17)27)24-21-18(16)22(28)25-23(29)26(21)2/h4-11,16,24H,3H2,1-2H3,(H,25,28,29)/t16-/m0/s1. The summed E-state index contributed by atoms with van der Waals surface area (Å²) in [6, 6.07) is 15.3. The van der Waals surface area contributed by atoms with Gasteiger partial charge in [-0.15, -0.1) is 0 Å². The molecule has 2 N–H and O–H groups in total. The van der Waals surface area contributed by atoms with Gasteiger partial charge >= 0.3 is 5.69 Å². The number of ketones is 1. The van der Waals surface area contributed by atoms with E-state index in [0.29, 0.717) is 28.2 Å². The van der Waals surface area contributed by atoms with Gasteiger partial charge in [0, 0.05) is 29.7 Å². The topological polar surface area (TPSA) is 84.0 Å². The van der Waals surface area contributed by atoms with Crippen molar-refractivity contribution in [2.75, 3.05) is 5.32 Å². The van der Waals surface area contributed by atoms with E-state index >= 15 is 0 Å². The van der Waals surface area contributed by atoms with Crippen LogP contribution >= 0.6 is 0 Å². The number of carbonyl (C=O) groups is 1. The van der Waals surface area contributed by atoms with Crippen molar-refractivity contribution in [3.05, 3.63) is 103 Å². The van der Waals surface area contributed by atoms with Gasteiger partial charge in [0.05, 0.1) is 11.3 Å². The van der Waals surface area contributed by atoms with Crippen LogP contribution in [0.3, 0.4) is 0 Å². The smallest absolute Gasteiger partial charge is 0.329 e. The van der Waals surface area contributed by atoms with Crippen molar-refractivity contribution in [2.24, 2.45) is 7.05 Å². The zero-order valence-electron chi connectivity index (χ0n) is 16.1. The first-order valence-corrected chi connectivity index (χ1v) is 9.58. The Balaban J connectivity index is 1.83. The zero-order valence-corrected chi connectivity index (χ0v) is 16.1. The van der Waals surface area contributed by atoms with Gasteiger partial charge in [0.2, 0.25) is 0 Å². The summed E-state index contributed by atoms with van der Waals surface area (Å²) < 4.78 is 1.39. The van der Waals surface area contributed by atoms with Gasteiger partial charge in [-0.25, -0.2) is 4.79 Å². The lowest BCUT2D eigenvalue weighted by molar-refractivity contribution is 0.103. The Morgan fingerprint density at radius 3 is 2.34 bits per heavy atom. The maximum absolute atomic E-state index is 13.3. The van der Waals surface area contributed by atoms with Crippen LogP contribution in [0.5, 0.6) is 0 Å². The Bertz CT molecular complexity index is 1330. The Morgan fingerprint density at radius 1 is 0.966 bits per heavy atom. The Morgan fingerprint density at radius 2 is 1.66 bits per heavy atom. The molecule has 2 heterocycles. The predicted octanol–water partition coefficient (Wildman–Crippen LogP) is 2.80. The van der Waals surface area contributed by atoms with E-state index in [1.807, 2.05) is 42.5 Å². The van der Waals surface area contributed by atoms with Crippen LogP contribution in [0.2, 0.25) is 0 Å². The number of hydrogen-bond acceptors (Lipinski definition) is 4. The van der Waals surface area contributed by atoms with Crippen LogP contribution in [0, 0.1) is 0 Å². The average Bonchev–Trinajstić information content (AvgIpc) is 3.03. The molecular weight excluding hydrogens is 366 g/mol. The summed E-state index contributed by atoms with van der Waals surface area (Å²) in [5, 5.41) is 3.22. The van der Waals surface area contributed by atoms with Crippen LogP contribution in [0.15, 0.2) is 63.7 Å². The number of carbonyl (C=O) groups excluding carboxylic acids is 1. The second-order valence-corrected chi connectivity index (χ2v) is 7.40. The third-order valence-electron chi connectivity index (χ3n) is 5.86. The summed E-state index contributed by atoms with van der Waals surface area (Å²) >= 11 is 0. The molecule has 6 heteroatoms. The minimum absolute atomic E-state index is 0.0911. The molecule has 1 aliphatic heterocycles. The Kier molecular flexibility index (Phi) is 3.71. The molecule has 0 radical (unpaired) electrons. The maximum Gasteiger partial charge on any atom is 0.329 e. The van der Waals surface area contributed by atoms with Gasteiger partial charge in [0.15, 0.2) is 5.78 Å². The highest BCUT2D eigenvalue weighted by atomic mass is 16.2. The molecule has 1 aromatic heterocycles. The number of allylic oxidation sites excluding steroid dienone is 1. The number of aryl methyl sites for hydroxylation is 1. The number of rotatable bonds is 2. The van der Waals surface area contributed by atoms with E-state index in [-0.39, 0.29) is 5.78 Å². The average molecular weight is 385 g/mol. The minimum atomic E-state index is -0.553. The van der Waals surface area contributed by atoms with E-state index in [2.05, 4.69) is 17.2 Å². The number of fused-ring (bicyclic) bond motifs is 3. The lowest BCUT2D eigenvalue weighted by Gasteiger charge is -2.29. The fourth-order valence-corrected chi connectivity index (χ4v) is 4.31. The number of benzene rings is 2. The molecule has 2 aliphatic rings. The lowest BCUT2D eigenvalue weighted by Crippen LogP contribution is -2.37. The molecule has 0 amide bonds. The summed E-state index contributed by atoms with van der Waals surface area (Å²) in [4.78, 5) is 40.8. The highest BCUT2D eigenvalue weighted by molar-refractivity contribution is 6.23. The van der Waals surface area contributed by atoms with Crippen molar-refractivity contribution in [2.45, 2.75) is 19.3 Å². The molecule has 0 fully saturated rings. The van der Waals surface area contributed by atoms with Gasteiger partial charge in [0.25, 0.3) is 5.56 Å². The Labute approximate surface area is 166 Å². The fourth-order valence-electron chi connectivity index (χ4n) is 4.31. The van der Waals surface area contributed by atoms with E-state index in [1.165, 1.54) is 10.1 Å². The number of anilines is 1. The molecule has 1 atom stereocenters. The molecule has 6 nitrogen and oxygen atoms in total. The normalized spacial score (nSPS) is 16.9. The van der Waals surface area contributed by atoms with Gasteiger partial charge in [-0.05, 0) is 17.5 Å². The van der Waals surface area contributed by atoms with Crippen molar-refractivity contribution in [1.29, 1.82) is 0 Å². The molecule has 0 saturated carbocycles. The molecule has 0 spiro atoms. The lowest BCUT2D eigenvalue weighted by atomic mass is 9.81. The van der Waals surface area contributed by atoms with E-state index in [4.69, 9.17) is 0 Å². The first kappa shape index (κ1) is 17.4. The summed E-state index contributed by atoms with van der Waals surface area (Å²) in [7, 11) is 1.61. The second kappa shape index (κ2) is 6.17. The maximum atomic E-state index is 13.3. The number of aromatic amines is 1. The quantitative estimate of drug-likeness (QED) is 0.711. The van der Waals surface area contributed by atoms with Crippen LogP contribution in [0.1, 0.15) is 45.5 Å². The monoisotopic (exact) mass is 385 g/mol. The van der Waals surface area contributed by atoms with Crippen LogP contribution in [-0.2, 0) is 13.5 Å². The van der Waals surface area contributed by atoms with Gasteiger partial charge in [-0.1, -0.05) is 55.5 Å². The highest BCUT2D eigenvalue weighted by Gasteiger charge is 2.42. The SMILES string of the molecule is CCc1ccc([C@H]2C3=C(Nc4c2c(=O)[nH]c(=O)n4C)c2ccccc2C3=O)cc1. The van der Waals surface area contributed by atoms with Crippen molar-refractivity contribution in [3.8, 4) is 0 Å². The third-order valence-corrected chi connectivity index (χ3v) is 5.86. The molecule has 0 bridgehead atoms. The fraction of sp³-hybridized carbons (Fsp3) is 0.174. The van der Waals surface area contributed by atoms with Crippen LogP contribution in [0.4, 0.5) is 5.82 Å². The summed E-state index contributed by atoms with van der Waals surface area (Å²) in [6.07, 6.45) is 0.899. The predicted molar refractivity (Wildman–Crippen MR) is 111 cm³/mol. The van der Waals surface area contributed by atoms with Crippen molar-refractivity contribution < 1.29 is 4.79 Å². The first-order chi connectivity index (χ1) is 14.0. The van der Waals surface area contributed by atoms with E-state index in [0.717, 1.165) is 17.5 Å². The summed E-state index contributed by atoms with van der Waals surface area (Å²) in [6.45, 7) is 2.08. The second-order valence-electron chi connectivity index (χ2n) is 7.40. The number of H-pyrrole nitrogens is 1. The molecule has 2 aromatic carbocycles. The highest BCUT2D eigenvalue weighted by Crippen LogP contribution is 2.47. The van der Waals surface area contributed by atoms with Crippen LogP contribution < -0.4 is 16.6 Å².